The van der Waals surface area contributed by atoms with Crippen molar-refractivity contribution in [3.05, 3.63) is 38.8 Å². The number of halogens is 2. The molecule has 2 rings (SSSR count). The first-order valence-electron chi connectivity index (χ1n) is 7.48. The van der Waals surface area contributed by atoms with Crippen LogP contribution in [0.2, 0.25) is 10.0 Å². The van der Waals surface area contributed by atoms with E-state index in [1.54, 1.807) is 0 Å². The van der Waals surface area contributed by atoms with Crippen LogP contribution >= 0.6 is 35.0 Å². The SMILES string of the molecule is COC(=O)/C=C1/SCC(=O)N1CCCOC(=O)c1cc(Cl)cc(Cl)c1N. The highest BCUT2D eigenvalue weighted by Crippen LogP contribution is 2.29. The van der Waals surface area contributed by atoms with Crippen LogP contribution in [-0.4, -0.2) is 48.8 Å². The number of hydrogen-bond acceptors (Lipinski definition) is 7. The van der Waals surface area contributed by atoms with Crippen molar-refractivity contribution in [2.75, 3.05) is 31.7 Å². The molecular weight excluding hydrogens is 403 g/mol. The number of ether oxygens (including phenoxy) is 2. The number of esters is 2. The van der Waals surface area contributed by atoms with Crippen molar-refractivity contribution >= 4 is 58.5 Å². The van der Waals surface area contributed by atoms with Gasteiger partial charge in [0.25, 0.3) is 0 Å². The van der Waals surface area contributed by atoms with Gasteiger partial charge in [-0.25, -0.2) is 9.59 Å². The van der Waals surface area contributed by atoms with Gasteiger partial charge in [-0.05, 0) is 18.6 Å². The number of methoxy groups -OCH3 is 1. The number of thioether (sulfide) groups is 1. The Hall–Kier alpha value is -1.90. The van der Waals surface area contributed by atoms with Crippen LogP contribution in [-0.2, 0) is 19.1 Å². The standard InChI is InChI=1S/C16H16Cl2N2O5S/c1-24-14(22)7-13-20(12(21)8-26-13)3-2-4-25-16(23)10-5-9(17)6-11(18)15(10)19/h5-7H,2-4,8,19H2,1H3/b13-7+. The van der Waals surface area contributed by atoms with Gasteiger partial charge in [-0.3, -0.25) is 4.79 Å². The molecule has 0 bridgehead atoms. The number of hydrogen-bond donors (Lipinski definition) is 1. The maximum absolute atomic E-state index is 12.1. The Morgan fingerprint density at radius 3 is 2.81 bits per heavy atom. The van der Waals surface area contributed by atoms with Crippen molar-refractivity contribution in [2.45, 2.75) is 6.42 Å². The molecule has 0 spiro atoms. The third-order valence-electron chi connectivity index (χ3n) is 3.43. The summed E-state index contributed by atoms with van der Waals surface area (Å²) in [6.07, 6.45) is 1.64. The maximum Gasteiger partial charge on any atom is 0.340 e. The average molecular weight is 419 g/mol. The van der Waals surface area contributed by atoms with E-state index in [0.29, 0.717) is 18.0 Å². The lowest BCUT2D eigenvalue weighted by Crippen LogP contribution is -2.27. The zero-order chi connectivity index (χ0) is 19.3. The van der Waals surface area contributed by atoms with Crippen molar-refractivity contribution < 1.29 is 23.9 Å². The van der Waals surface area contributed by atoms with Crippen LogP contribution in [0.1, 0.15) is 16.8 Å². The number of nitrogens with zero attached hydrogens (tertiary/aromatic N) is 1. The number of anilines is 1. The van der Waals surface area contributed by atoms with Crippen molar-refractivity contribution in [1.82, 2.24) is 4.90 Å². The molecule has 26 heavy (non-hydrogen) atoms. The summed E-state index contributed by atoms with van der Waals surface area (Å²) in [6, 6.07) is 2.81. The van der Waals surface area contributed by atoms with Crippen molar-refractivity contribution in [2.24, 2.45) is 0 Å². The molecule has 1 amide bonds. The highest BCUT2D eigenvalue weighted by molar-refractivity contribution is 8.04. The molecule has 1 aliphatic heterocycles. The van der Waals surface area contributed by atoms with Crippen LogP contribution in [0.5, 0.6) is 0 Å². The van der Waals surface area contributed by atoms with Gasteiger partial charge in [0.15, 0.2) is 0 Å². The lowest BCUT2D eigenvalue weighted by atomic mass is 10.2. The third kappa shape index (κ3) is 5.06. The Kier molecular flexibility index (Phi) is 7.19. The molecule has 1 aromatic rings. The van der Waals surface area contributed by atoms with Gasteiger partial charge in [0, 0.05) is 11.6 Å². The topological polar surface area (TPSA) is 98.9 Å². The Balaban J connectivity index is 1.90. The van der Waals surface area contributed by atoms with Gasteiger partial charge in [0.05, 0.1) is 46.8 Å². The third-order valence-corrected chi connectivity index (χ3v) is 4.98. The normalized spacial score (nSPS) is 15.4. The maximum atomic E-state index is 12.1. The molecule has 0 unspecified atom stereocenters. The van der Waals surface area contributed by atoms with E-state index in [4.69, 9.17) is 33.7 Å². The molecule has 2 N–H and O–H groups in total. The van der Waals surface area contributed by atoms with Crippen LogP contribution in [0.3, 0.4) is 0 Å². The number of nitrogens with two attached hydrogens (primary N) is 1. The fourth-order valence-electron chi connectivity index (χ4n) is 2.15. The lowest BCUT2D eigenvalue weighted by Gasteiger charge is -2.16. The largest absolute Gasteiger partial charge is 0.466 e. The Morgan fingerprint density at radius 2 is 2.12 bits per heavy atom. The van der Waals surface area contributed by atoms with Crippen molar-refractivity contribution in [3.8, 4) is 0 Å². The van der Waals surface area contributed by atoms with Gasteiger partial charge < -0.3 is 20.1 Å². The van der Waals surface area contributed by atoms with E-state index in [-0.39, 0.29) is 39.6 Å². The molecule has 1 heterocycles. The quantitative estimate of drug-likeness (QED) is 0.328. The summed E-state index contributed by atoms with van der Waals surface area (Å²) in [5.41, 5.74) is 5.93. The predicted molar refractivity (Wildman–Crippen MR) is 100 cm³/mol. The average Bonchev–Trinajstić information content (AvgIpc) is 2.94. The number of carbonyl (C=O) groups is 3. The highest BCUT2D eigenvalue weighted by atomic mass is 35.5. The fraction of sp³-hybridized carbons (Fsp3) is 0.312. The summed E-state index contributed by atoms with van der Waals surface area (Å²) in [5.74, 6) is -1.06. The minimum absolute atomic E-state index is 0.0579. The number of amides is 1. The first-order valence-corrected chi connectivity index (χ1v) is 9.22. The smallest absolute Gasteiger partial charge is 0.340 e. The molecule has 0 atom stereocenters. The molecule has 140 valence electrons. The predicted octanol–water partition coefficient (Wildman–Crippen LogP) is 2.71. The Labute approximate surface area is 164 Å². The number of rotatable bonds is 6. The summed E-state index contributed by atoms with van der Waals surface area (Å²) in [7, 11) is 1.26. The van der Waals surface area contributed by atoms with Gasteiger partial charge in [0.2, 0.25) is 5.91 Å². The second kappa shape index (κ2) is 9.16. The van der Waals surface area contributed by atoms with E-state index in [9.17, 15) is 14.4 Å². The highest BCUT2D eigenvalue weighted by Gasteiger charge is 2.27. The Bertz CT molecular complexity index is 769. The van der Waals surface area contributed by atoms with Gasteiger partial charge in [-0.2, -0.15) is 0 Å². The minimum atomic E-state index is -0.653. The molecule has 0 saturated carbocycles. The first-order chi connectivity index (χ1) is 12.3. The lowest BCUT2D eigenvalue weighted by molar-refractivity contribution is -0.134. The van der Waals surface area contributed by atoms with Crippen LogP contribution in [0.4, 0.5) is 5.69 Å². The fourth-order valence-corrected chi connectivity index (χ4v) is 3.60. The zero-order valence-corrected chi connectivity index (χ0v) is 16.1. The zero-order valence-electron chi connectivity index (χ0n) is 13.8. The van der Waals surface area contributed by atoms with Gasteiger partial charge in [-0.1, -0.05) is 35.0 Å². The van der Waals surface area contributed by atoms with Crippen LogP contribution in [0.25, 0.3) is 0 Å². The van der Waals surface area contributed by atoms with E-state index in [0.717, 1.165) is 0 Å². The molecule has 0 aliphatic carbocycles. The summed E-state index contributed by atoms with van der Waals surface area (Å²) < 4.78 is 9.72. The van der Waals surface area contributed by atoms with Gasteiger partial charge in [0.1, 0.15) is 0 Å². The van der Waals surface area contributed by atoms with E-state index in [1.807, 2.05) is 0 Å². The molecule has 0 radical (unpaired) electrons. The van der Waals surface area contributed by atoms with E-state index < -0.39 is 11.9 Å². The monoisotopic (exact) mass is 418 g/mol. The molecule has 1 saturated heterocycles. The summed E-state index contributed by atoms with van der Waals surface area (Å²) in [6.45, 7) is 0.357. The van der Waals surface area contributed by atoms with Gasteiger partial charge >= 0.3 is 11.9 Å². The molecule has 1 fully saturated rings. The van der Waals surface area contributed by atoms with E-state index in [2.05, 4.69) is 4.74 Å². The van der Waals surface area contributed by atoms with Crippen LogP contribution in [0.15, 0.2) is 23.2 Å². The number of carbonyl (C=O) groups excluding carboxylic acids is 3. The van der Waals surface area contributed by atoms with Gasteiger partial charge in [-0.15, -0.1) is 0 Å². The molecule has 0 aromatic heterocycles. The molecule has 7 nitrogen and oxygen atoms in total. The molecule has 1 aromatic carbocycles. The minimum Gasteiger partial charge on any atom is -0.466 e. The molecular formula is C16H16Cl2N2O5S. The van der Waals surface area contributed by atoms with Crippen LogP contribution < -0.4 is 5.73 Å². The summed E-state index contributed by atoms with van der Waals surface area (Å²) in [4.78, 5) is 36.8. The van der Waals surface area contributed by atoms with E-state index >= 15 is 0 Å². The van der Waals surface area contributed by atoms with Crippen LogP contribution in [0, 0.1) is 0 Å². The number of nitrogen functional groups attached to an aromatic ring is 1. The first kappa shape index (κ1) is 20.4. The second-order valence-corrected chi connectivity index (χ2v) is 7.02. The second-order valence-electron chi connectivity index (χ2n) is 5.18. The summed E-state index contributed by atoms with van der Waals surface area (Å²) >= 11 is 13.0. The molecule has 1 aliphatic rings. The summed E-state index contributed by atoms with van der Waals surface area (Å²) in [5, 5.41) is 0.953. The number of benzene rings is 1. The van der Waals surface area contributed by atoms with Crippen molar-refractivity contribution in [3.63, 3.8) is 0 Å². The molecule has 10 heteroatoms. The van der Waals surface area contributed by atoms with E-state index in [1.165, 1.54) is 42.0 Å². The Morgan fingerprint density at radius 1 is 1.38 bits per heavy atom. The van der Waals surface area contributed by atoms with Crippen molar-refractivity contribution in [1.29, 1.82) is 0 Å².